The molecule has 1 amide bonds. The molecule has 0 bridgehead atoms. The molecule has 1 aliphatic heterocycles. The van der Waals surface area contributed by atoms with E-state index in [2.05, 4.69) is 22.5 Å². The summed E-state index contributed by atoms with van der Waals surface area (Å²) in [4.78, 5) is 12.4. The second kappa shape index (κ2) is 8.12. The van der Waals surface area contributed by atoms with Crippen molar-refractivity contribution in [3.05, 3.63) is 88.0 Å². The van der Waals surface area contributed by atoms with Crippen LogP contribution in [0.5, 0.6) is 0 Å². The maximum absolute atomic E-state index is 13.2. The minimum Gasteiger partial charge on any atom is -0.370 e. The number of aromatic nitrogens is 2. The number of ether oxygens (including phenoxy) is 1. The second-order valence-corrected chi connectivity index (χ2v) is 7.07. The third kappa shape index (κ3) is 4.08. The van der Waals surface area contributed by atoms with E-state index in [0.29, 0.717) is 13.2 Å². The number of hydrogen-bond acceptors (Lipinski definition) is 3. The lowest BCUT2D eigenvalue weighted by Gasteiger charge is -2.22. The minimum atomic E-state index is -0.481. The van der Waals surface area contributed by atoms with Crippen molar-refractivity contribution in [3.63, 3.8) is 0 Å². The van der Waals surface area contributed by atoms with Crippen molar-refractivity contribution >= 4 is 17.5 Å². The Labute approximate surface area is 167 Å². The molecule has 0 spiro atoms. The first-order valence-corrected chi connectivity index (χ1v) is 9.43. The van der Waals surface area contributed by atoms with Crippen LogP contribution >= 0.6 is 11.6 Å². The van der Waals surface area contributed by atoms with E-state index in [1.54, 1.807) is 0 Å². The van der Waals surface area contributed by atoms with Gasteiger partial charge in [-0.1, -0.05) is 41.9 Å². The van der Waals surface area contributed by atoms with Gasteiger partial charge in [0, 0.05) is 12.7 Å². The van der Waals surface area contributed by atoms with E-state index in [1.807, 2.05) is 29.1 Å². The lowest BCUT2D eigenvalue weighted by Crippen LogP contribution is -2.32. The first-order valence-electron chi connectivity index (χ1n) is 9.05. The van der Waals surface area contributed by atoms with Gasteiger partial charge in [-0.2, -0.15) is 5.10 Å². The van der Waals surface area contributed by atoms with E-state index in [0.717, 1.165) is 23.7 Å². The zero-order valence-corrected chi connectivity index (χ0v) is 15.8. The number of carbonyl (C=O) groups excluding carboxylic acids is 1. The molecule has 3 aromatic rings. The zero-order valence-electron chi connectivity index (χ0n) is 15.1. The highest BCUT2D eigenvalue weighted by Gasteiger charge is 2.25. The highest BCUT2D eigenvalue weighted by molar-refractivity contribution is 6.33. The molecule has 4 rings (SSSR count). The van der Waals surface area contributed by atoms with Gasteiger partial charge in [0.05, 0.1) is 29.4 Å². The molecular weight excluding hydrogens is 381 g/mol. The third-order valence-electron chi connectivity index (χ3n) is 4.68. The van der Waals surface area contributed by atoms with Crippen molar-refractivity contribution < 1.29 is 13.9 Å². The fourth-order valence-corrected chi connectivity index (χ4v) is 3.55. The summed E-state index contributed by atoms with van der Waals surface area (Å²) < 4.78 is 20.9. The van der Waals surface area contributed by atoms with Crippen LogP contribution in [0.25, 0.3) is 0 Å². The summed E-state index contributed by atoms with van der Waals surface area (Å²) in [6.45, 7) is 1.52. The number of amides is 1. The molecule has 5 nitrogen and oxygen atoms in total. The largest absolute Gasteiger partial charge is 0.370 e. The maximum atomic E-state index is 13.2. The van der Waals surface area contributed by atoms with Crippen LogP contribution in [0, 0.1) is 5.82 Å². The topological polar surface area (TPSA) is 56.1 Å². The number of rotatable bonds is 5. The SMILES string of the molecule is O=C(NC[C@H]1OCCc2cn(Cc3ccccc3)nc21)c1ccc(F)cc1Cl. The average molecular weight is 400 g/mol. The van der Waals surface area contributed by atoms with Gasteiger partial charge in [-0.25, -0.2) is 4.39 Å². The number of fused-ring (bicyclic) bond motifs is 1. The summed E-state index contributed by atoms with van der Waals surface area (Å²) in [5, 5.41) is 7.56. The van der Waals surface area contributed by atoms with Gasteiger partial charge in [-0.05, 0) is 35.7 Å². The Bertz CT molecular complexity index is 991. The van der Waals surface area contributed by atoms with Gasteiger partial charge < -0.3 is 10.1 Å². The number of nitrogens with one attached hydrogen (secondary N) is 1. The Balaban J connectivity index is 1.45. The van der Waals surface area contributed by atoms with Gasteiger partial charge in [-0.3, -0.25) is 9.48 Å². The van der Waals surface area contributed by atoms with Crippen LogP contribution in [0.15, 0.2) is 54.7 Å². The predicted molar refractivity (Wildman–Crippen MR) is 104 cm³/mol. The molecule has 0 saturated carbocycles. The summed E-state index contributed by atoms with van der Waals surface area (Å²) in [6, 6.07) is 13.8. The molecule has 1 N–H and O–H groups in total. The quantitative estimate of drug-likeness (QED) is 0.710. The molecule has 0 radical (unpaired) electrons. The number of carbonyl (C=O) groups is 1. The molecular formula is C21H19ClFN3O2. The number of hydrogen-bond donors (Lipinski definition) is 1. The summed E-state index contributed by atoms with van der Waals surface area (Å²) in [5.41, 5.74) is 3.36. The fourth-order valence-electron chi connectivity index (χ4n) is 3.29. The maximum Gasteiger partial charge on any atom is 0.252 e. The molecule has 0 aliphatic carbocycles. The van der Waals surface area contributed by atoms with E-state index < -0.39 is 5.82 Å². The molecule has 0 saturated heterocycles. The summed E-state index contributed by atoms with van der Waals surface area (Å²) in [6.07, 6.45) is 2.50. The molecule has 1 atom stereocenters. The Morgan fingerprint density at radius 2 is 2.11 bits per heavy atom. The molecule has 0 fully saturated rings. The van der Waals surface area contributed by atoms with Crippen LogP contribution in [0.1, 0.15) is 33.3 Å². The van der Waals surface area contributed by atoms with Gasteiger partial charge in [0.25, 0.3) is 5.91 Å². The zero-order chi connectivity index (χ0) is 19.5. The molecule has 144 valence electrons. The summed E-state index contributed by atoms with van der Waals surface area (Å²) in [5.74, 6) is -0.852. The Hall–Kier alpha value is -2.70. The fraction of sp³-hybridized carbons (Fsp3) is 0.238. The number of benzene rings is 2. The van der Waals surface area contributed by atoms with Gasteiger partial charge in [0.1, 0.15) is 11.9 Å². The van der Waals surface area contributed by atoms with E-state index in [4.69, 9.17) is 16.3 Å². The van der Waals surface area contributed by atoms with Crippen LogP contribution in [0.3, 0.4) is 0 Å². The summed E-state index contributed by atoms with van der Waals surface area (Å²) in [7, 11) is 0. The lowest BCUT2D eigenvalue weighted by atomic mass is 10.1. The third-order valence-corrected chi connectivity index (χ3v) is 4.99. The van der Waals surface area contributed by atoms with E-state index >= 15 is 0 Å². The molecule has 7 heteroatoms. The predicted octanol–water partition coefficient (Wildman–Crippen LogP) is 3.77. The van der Waals surface area contributed by atoms with Gasteiger partial charge in [0.2, 0.25) is 0 Å². The van der Waals surface area contributed by atoms with Crippen molar-refractivity contribution in [3.8, 4) is 0 Å². The van der Waals surface area contributed by atoms with E-state index in [9.17, 15) is 9.18 Å². The van der Waals surface area contributed by atoms with Crippen LogP contribution < -0.4 is 5.32 Å². The van der Waals surface area contributed by atoms with Crippen LogP contribution in [-0.2, 0) is 17.7 Å². The standard InChI is InChI=1S/C21H19ClFN3O2/c22-18-10-16(23)6-7-17(18)21(27)24-11-19-20-15(8-9-28-19)13-26(25-20)12-14-4-2-1-3-5-14/h1-7,10,13,19H,8-9,11-12H2,(H,24,27)/t19-/m1/s1. The van der Waals surface area contributed by atoms with E-state index in [-0.39, 0.29) is 29.1 Å². The average Bonchev–Trinajstić information content (AvgIpc) is 3.10. The normalized spacial score (nSPS) is 15.9. The van der Waals surface area contributed by atoms with Crippen molar-refractivity contribution in [2.24, 2.45) is 0 Å². The van der Waals surface area contributed by atoms with Crippen molar-refractivity contribution in [1.82, 2.24) is 15.1 Å². The molecule has 1 aromatic heterocycles. The Morgan fingerprint density at radius 1 is 1.29 bits per heavy atom. The molecule has 1 aliphatic rings. The van der Waals surface area contributed by atoms with Gasteiger partial charge >= 0.3 is 0 Å². The molecule has 2 aromatic carbocycles. The molecule has 0 unspecified atom stereocenters. The summed E-state index contributed by atoms with van der Waals surface area (Å²) >= 11 is 5.96. The number of nitrogens with zero attached hydrogens (tertiary/aromatic N) is 2. The van der Waals surface area contributed by atoms with Crippen molar-refractivity contribution in [2.45, 2.75) is 19.1 Å². The van der Waals surface area contributed by atoms with Crippen LogP contribution in [-0.4, -0.2) is 28.8 Å². The van der Waals surface area contributed by atoms with Gasteiger partial charge in [-0.15, -0.1) is 0 Å². The highest BCUT2D eigenvalue weighted by Crippen LogP contribution is 2.26. The molecule has 28 heavy (non-hydrogen) atoms. The second-order valence-electron chi connectivity index (χ2n) is 6.67. The Kier molecular flexibility index (Phi) is 5.41. The van der Waals surface area contributed by atoms with Crippen molar-refractivity contribution in [1.29, 1.82) is 0 Å². The lowest BCUT2D eigenvalue weighted by molar-refractivity contribution is 0.0383. The molecule has 2 heterocycles. The first kappa shape index (κ1) is 18.7. The smallest absolute Gasteiger partial charge is 0.252 e. The first-order chi connectivity index (χ1) is 13.6. The van der Waals surface area contributed by atoms with E-state index in [1.165, 1.54) is 17.7 Å². The monoisotopic (exact) mass is 399 g/mol. The Morgan fingerprint density at radius 3 is 2.89 bits per heavy atom. The van der Waals surface area contributed by atoms with Crippen molar-refractivity contribution in [2.75, 3.05) is 13.2 Å². The minimum absolute atomic E-state index is 0.0786. The van der Waals surface area contributed by atoms with Gasteiger partial charge in [0.15, 0.2) is 0 Å². The highest BCUT2D eigenvalue weighted by atomic mass is 35.5. The van der Waals surface area contributed by atoms with Crippen LogP contribution in [0.2, 0.25) is 5.02 Å². The number of halogens is 2. The van der Waals surface area contributed by atoms with Crippen LogP contribution in [0.4, 0.5) is 4.39 Å².